The molecule has 0 bridgehead atoms. The molecule has 92 valence electrons. The summed E-state index contributed by atoms with van der Waals surface area (Å²) in [5.74, 6) is -0.324. The van der Waals surface area contributed by atoms with Gasteiger partial charge in [-0.3, -0.25) is 14.9 Å². The van der Waals surface area contributed by atoms with Crippen LogP contribution in [0.5, 0.6) is 0 Å². The Labute approximate surface area is 104 Å². The van der Waals surface area contributed by atoms with E-state index in [1.54, 1.807) is 19.2 Å². The molecule has 6 heteroatoms. The number of carbonyl (C=O) groups is 1. The first-order valence-corrected chi connectivity index (χ1v) is 6.31. The van der Waals surface area contributed by atoms with Crippen LogP contribution < -0.4 is 0 Å². The zero-order chi connectivity index (χ0) is 13.0. The first-order chi connectivity index (χ1) is 8.01. The minimum atomic E-state index is -0.527. The van der Waals surface area contributed by atoms with Crippen molar-refractivity contribution in [2.75, 3.05) is 19.8 Å². The average Bonchev–Trinajstić information content (AvgIpc) is 2.35. The number of rotatable bonds is 4. The fraction of sp³-hybridized carbons (Fsp3) is 0.364. The summed E-state index contributed by atoms with van der Waals surface area (Å²) in [4.78, 5) is 24.6. The molecule has 0 N–H and O–H groups in total. The van der Waals surface area contributed by atoms with Gasteiger partial charge >= 0.3 is 0 Å². The first-order valence-electron chi connectivity index (χ1n) is 5.09. The standard InChI is InChI=1S/C11H14N2O3S/c1-4-12(2)11(14)9-7-8(17-3)5-6-10(9)13(15)16/h5-7H,4H2,1-3H3. The molecule has 0 spiro atoms. The Morgan fingerprint density at radius 2 is 2.18 bits per heavy atom. The molecule has 0 unspecified atom stereocenters. The van der Waals surface area contributed by atoms with Gasteiger partial charge in [0.2, 0.25) is 0 Å². The number of hydrogen-bond donors (Lipinski definition) is 0. The summed E-state index contributed by atoms with van der Waals surface area (Å²) in [7, 11) is 1.62. The van der Waals surface area contributed by atoms with Gasteiger partial charge in [-0.15, -0.1) is 11.8 Å². The van der Waals surface area contributed by atoms with E-state index < -0.39 is 4.92 Å². The number of nitro benzene ring substituents is 1. The van der Waals surface area contributed by atoms with Gasteiger partial charge in [-0.1, -0.05) is 0 Å². The molecule has 0 atom stereocenters. The highest BCUT2D eigenvalue weighted by Gasteiger charge is 2.22. The van der Waals surface area contributed by atoms with E-state index in [9.17, 15) is 14.9 Å². The monoisotopic (exact) mass is 254 g/mol. The number of nitrogens with zero attached hydrogens (tertiary/aromatic N) is 2. The SMILES string of the molecule is CCN(C)C(=O)c1cc(SC)ccc1[N+](=O)[O-]. The van der Waals surface area contributed by atoms with Crippen LogP contribution in [-0.4, -0.2) is 35.6 Å². The largest absolute Gasteiger partial charge is 0.342 e. The zero-order valence-corrected chi connectivity index (χ0v) is 10.8. The first kappa shape index (κ1) is 13.5. The maximum absolute atomic E-state index is 12.0. The van der Waals surface area contributed by atoms with E-state index in [0.29, 0.717) is 6.54 Å². The highest BCUT2D eigenvalue weighted by atomic mass is 32.2. The molecule has 0 heterocycles. The smallest absolute Gasteiger partial charge is 0.282 e. The minimum Gasteiger partial charge on any atom is -0.342 e. The Hall–Kier alpha value is -1.56. The molecule has 0 aromatic heterocycles. The molecule has 0 saturated carbocycles. The van der Waals surface area contributed by atoms with Gasteiger partial charge in [-0.25, -0.2) is 0 Å². The lowest BCUT2D eigenvalue weighted by Gasteiger charge is -2.14. The van der Waals surface area contributed by atoms with Crippen LogP contribution in [-0.2, 0) is 0 Å². The third-order valence-corrected chi connectivity index (χ3v) is 3.18. The van der Waals surface area contributed by atoms with Crippen LogP contribution in [0.25, 0.3) is 0 Å². The highest BCUT2D eigenvalue weighted by molar-refractivity contribution is 7.98. The summed E-state index contributed by atoms with van der Waals surface area (Å²) in [6.45, 7) is 2.33. The maximum atomic E-state index is 12.0. The van der Waals surface area contributed by atoms with Crippen molar-refractivity contribution < 1.29 is 9.72 Å². The molecule has 5 nitrogen and oxygen atoms in total. The fourth-order valence-corrected chi connectivity index (χ4v) is 1.76. The maximum Gasteiger partial charge on any atom is 0.282 e. The Kier molecular flexibility index (Phi) is 4.51. The second-order valence-electron chi connectivity index (χ2n) is 3.46. The second-order valence-corrected chi connectivity index (χ2v) is 4.34. The molecular formula is C11H14N2O3S. The van der Waals surface area contributed by atoms with E-state index >= 15 is 0 Å². The second kappa shape index (κ2) is 5.67. The third-order valence-electron chi connectivity index (χ3n) is 2.45. The molecule has 0 aliphatic carbocycles. The lowest BCUT2D eigenvalue weighted by Crippen LogP contribution is -2.26. The molecule has 0 aliphatic heterocycles. The van der Waals surface area contributed by atoms with Gasteiger partial charge in [0.15, 0.2) is 0 Å². The van der Waals surface area contributed by atoms with Crippen LogP contribution in [0.4, 0.5) is 5.69 Å². The molecule has 1 rings (SSSR count). The van der Waals surface area contributed by atoms with Gasteiger partial charge in [0.25, 0.3) is 11.6 Å². The molecule has 1 aromatic rings. The predicted molar refractivity (Wildman–Crippen MR) is 67.5 cm³/mol. The summed E-state index contributed by atoms with van der Waals surface area (Å²) in [5, 5.41) is 10.9. The quantitative estimate of drug-likeness (QED) is 0.470. The molecule has 0 radical (unpaired) electrons. The van der Waals surface area contributed by atoms with Gasteiger partial charge in [0.05, 0.1) is 4.92 Å². The van der Waals surface area contributed by atoms with Gasteiger partial charge in [-0.05, 0) is 25.3 Å². The molecule has 17 heavy (non-hydrogen) atoms. The Balaban J connectivity index is 3.26. The van der Waals surface area contributed by atoms with Crippen molar-refractivity contribution in [1.29, 1.82) is 0 Å². The normalized spacial score (nSPS) is 10.1. The van der Waals surface area contributed by atoms with Crippen molar-refractivity contribution >= 4 is 23.4 Å². The van der Waals surface area contributed by atoms with Crippen LogP contribution in [0.2, 0.25) is 0 Å². The number of benzene rings is 1. The third kappa shape index (κ3) is 2.97. The van der Waals surface area contributed by atoms with Crippen LogP contribution >= 0.6 is 11.8 Å². The van der Waals surface area contributed by atoms with E-state index in [-0.39, 0.29) is 17.2 Å². The van der Waals surface area contributed by atoms with E-state index in [1.807, 2.05) is 13.2 Å². The molecule has 0 saturated heterocycles. The van der Waals surface area contributed by atoms with Crippen molar-refractivity contribution in [3.8, 4) is 0 Å². The van der Waals surface area contributed by atoms with Gasteiger partial charge in [0.1, 0.15) is 5.56 Å². The minimum absolute atomic E-state index is 0.145. The summed E-state index contributed by atoms with van der Waals surface area (Å²) >= 11 is 1.45. The lowest BCUT2D eigenvalue weighted by atomic mass is 10.1. The van der Waals surface area contributed by atoms with Crippen LogP contribution in [0, 0.1) is 10.1 Å². The van der Waals surface area contributed by atoms with Crippen molar-refractivity contribution in [3.05, 3.63) is 33.9 Å². The van der Waals surface area contributed by atoms with Crippen molar-refractivity contribution in [1.82, 2.24) is 4.90 Å². The summed E-state index contributed by atoms with van der Waals surface area (Å²) < 4.78 is 0. The summed E-state index contributed by atoms with van der Waals surface area (Å²) in [6, 6.07) is 4.59. The van der Waals surface area contributed by atoms with Crippen LogP contribution in [0.15, 0.2) is 23.1 Å². The van der Waals surface area contributed by atoms with Crippen LogP contribution in [0.1, 0.15) is 17.3 Å². The number of amides is 1. The molecule has 1 amide bonds. The van der Waals surface area contributed by atoms with Crippen LogP contribution in [0.3, 0.4) is 0 Å². The molecule has 1 aromatic carbocycles. The lowest BCUT2D eigenvalue weighted by molar-refractivity contribution is -0.385. The number of nitro groups is 1. The number of carbonyl (C=O) groups excluding carboxylic acids is 1. The summed E-state index contributed by atoms with van der Waals surface area (Å²) in [5.41, 5.74) is -0.000648. The van der Waals surface area contributed by atoms with Crippen molar-refractivity contribution in [2.45, 2.75) is 11.8 Å². The fourth-order valence-electron chi connectivity index (χ4n) is 1.32. The topological polar surface area (TPSA) is 63.5 Å². The Bertz CT molecular complexity index is 448. The van der Waals surface area contributed by atoms with E-state index in [1.165, 1.54) is 22.7 Å². The molecule has 0 fully saturated rings. The molecular weight excluding hydrogens is 240 g/mol. The Morgan fingerprint density at radius 3 is 2.65 bits per heavy atom. The Morgan fingerprint density at radius 1 is 1.53 bits per heavy atom. The van der Waals surface area contributed by atoms with Gasteiger partial charge in [0, 0.05) is 24.6 Å². The number of hydrogen-bond acceptors (Lipinski definition) is 4. The summed E-state index contributed by atoms with van der Waals surface area (Å²) in [6.07, 6.45) is 1.86. The van der Waals surface area contributed by atoms with E-state index in [2.05, 4.69) is 0 Å². The highest BCUT2D eigenvalue weighted by Crippen LogP contribution is 2.25. The van der Waals surface area contributed by atoms with Crippen molar-refractivity contribution in [2.24, 2.45) is 0 Å². The number of thioether (sulfide) groups is 1. The van der Waals surface area contributed by atoms with E-state index in [4.69, 9.17) is 0 Å². The van der Waals surface area contributed by atoms with Gasteiger partial charge < -0.3 is 4.90 Å². The van der Waals surface area contributed by atoms with Gasteiger partial charge in [-0.2, -0.15) is 0 Å². The van der Waals surface area contributed by atoms with Crippen molar-refractivity contribution in [3.63, 3.8) is 0 Å². The average molecular weight is 254 g/mol. The molecule has 0 aliphatic rings. The predicted octanol–water partition coefficient (Wildman–Crippen LogP) is 2.41. The van der Waals surface area contributed by atoms with E-state index in [0.717, 1.165) is 4.90 Å². The zero-order valence-electron chi connectivity index (χ0n) is 9.97.